The van der Waals surface area contributed by atoms with Crippen LogP contribution in [-0.2, 0) is 17.6 Å². The molecule has 1 unspecified atom stereocenters. The Labute approximate surface area is 240 Å². The number of aliphatic hydroxyl groups is 1. The van der Waals surface area contributed by atoms with E-state index in [1.54, 1.807) is 0 Å². The summed E-state index contributed by atoms with van der Waals surface area (Å²) in [5, 5.41) is 25.3. The molecule has 0 amide bonds. The van der Waals surface area contributed by atoms with Gasteiger partial charge in [0.25, 0.3) is 5.56 Å². The molecule has 6 rings (SSSR count). The van der Waals surface area contributed by atoms with Crippen molar-refractivity contribution in [2.45, 2.75) is 88.9 Å². The summed E-state index contributed by atoms with van der Waals surface area (Å²) in [6.07, 6.45) is 7.99. The van der Waals surface area contributed by atoms with E-state index in [0.717, 1.165) is 54.5 Å². The molecular formula is C33H37N5O3. The number of fused-ring (bicyclic) bond motifs is 1. The third-order valence-corrected chi connectivity index (χ3v) is 9.17. The number of aromatic nitrogens is 4. The lowest BCUT2D eigenvalue weighted by molar-refractivity contribution is -0.0384. The van der Waals surface area contributed by atoms with Crippen molar-refractivity contribution in [3.8, 4) is 17.2 Å². The molecule has 1 saturated heterocycles. The number of ether oxygens (including phenoxy) is 1. The molecule has 0 bridgehead atoms. The highest BCUT2D eigenvalue weighted by Gasteiger charge is 2.49. The molecule has 4 aromatic rings. The second-order valence-electron chi connectivity index (χ2n) is 11.8. The first kappa shape index (κ1) is 27.4. The Bertz CT molecular complexity index is 1660. The van der Waals surface area contributed by atoms with E-state index >= 15 is 0 Å². The second-order valence-corrected chi connectivity index (χ2v) is 11.8. The second kappa shape index (κ2) is 10.9. The highest BCUT2D eigenvalue weighted by molar-refractivity contribution is 5.71. The molecule has 1 N–H and O–H groups in total. The van der Waals surface area contributed by atoms with Crippen LogP contribution in [-0.4, -0.2) is 42.1 Å². The summed E-state index contributed by atoms with van der Waals surface area (Å²) in [4.78, 5) is 18.9. The molecule has 0 radical (unpaired) electrons. The van der Waals surface area contributed by atoms with Crippen LogP contribution in [0.3, 0.4) is 0 Å². The van der Waals surface area contributed by atoms with Crippen molar-refractivity contribution >= 4 is 5.78 Å². The minimum absolute atomic E-state index is 0.0247. The quantitative estimate of drug-likeness (QED) is 0.330. The average Bonchev–Trinajstić information content (AvgIpc) is 3.61. The van der Waals surface area contributed by atoms with Crippen LogP contribution in [0.25, 0.3) is 16.9 Å². The number of rotatable bonds is 7. The van der Waals surface area contributed by atoms with Gasteiger partial charge in [0.05, 0.1) is 35.1 Å². The molecule has 1 saturated carbocycles. The van der Waals surface area contributed by atoms with Crippen LogP contribution in [0.5, 0.6) is 0 Å². The Morgan fingerprint density at radius 2 is 1.93 bits per heavy atom. The molecular weight excluding hydrogens is 514 g/mol. The van der Waals surface area contributed by atoms with Gasteiger partial charge in [0.1, 0.15) is 6.33 Å². The van der Waals surface area contributed by atoms with Crippen LogP contribution in [0.15, 0.2) is 59.7 Å². The molecule has 2 aromatic heterocycles. The van der Waals surface area contributed by atoms with Gasteiger partial charge in [-0.15, -0.1) is 0 Å². The minimum Gasteiger partial charge on any atom is -0.387 e. The molecule has 1 atom stereocenters. The van der Waals surface area contributed by atoms with Gasteiger partial charge in [0, 0.05) is 24.4 Å². The van der Waals surface area contributed by atoms with Crippen LogP contribution < -0.4 is 5.56 Å². The zero-order valence-corrected chi connectivity index (χ0v) is 23.8. The summed E-state index contributed by atoms with van der Waals surface area (Å²) in [6, 6.07) is 18.1. The Hall–Kier alpha value is -3.80. The Balaban J connectivity index is 1.37. The van der Waals surface area contributed by atoms with Crippen LogP contribution in [0, 0.1) is 11.3 Å². The van der Waals surface area contributed by atoms with Crippen molar-refractivity contribution in [3.63, 3.8) is 0 Å². The largest absolute Gasteiger partial charge is 0.387 e. The lowest BCUT2D eigenvalue weighted by Gasteiger charge is -2.37. The van der Waals surface area contributed by atoms with Crippen molar-refractivity contribution in [1.29, 1.82) is 5.26 Å². The van der Waals surface area contributed by atoms with Crippen LogP contribution in [0.4, 0.5) is 0 Å². The number of benzene rings is 2. The van der Waals surface area contributed by atoms with Crippen molar-refractivity contribution in [2.75, 3.05) is 6.61 Å². The van der Waals surface area contributed by atoms with Gasteiger partial charge in [-0.05, 0) is 61.3 Å². The molecule has 2 aromatic carbocycles. The maximum absolute atomic E-state index is 14.3. The van der Waals surface area contributed by atoms with Gasteiger partial charge in [-0.1, -0.05) is 62.7 Å². The van der Waals surface area contributed by atoms with E-state index in [0.29, 0.717) is 49.2 Å². The fourth-order valence-electron chi connectivity index (χ4n) is 6.87. The van der Waals surface area contributed by atoms with Crippen molar-refractivity contribution < 1.29 is 9.84 Å². The first-order chi connectivity index (χ1) is 19.9. The molecule has 41 heavy (non-hydrogen) atoms. The fraction of sp³-hybridized carbons (Fsp3) is 0.455. The van der Waals surface area contributed by atoms with Gasteiger partial charge in [-0.3, -0.25) is 9.36 Å². The van der Waals surface area contributed by atoms with Gasteiger partial charge in [-0.25, -0.2) is 4.52 Å². The summed E-state index contributed by atoms with van der Waals surface area (Å²) >= 11 is 0. The maximum atomic E-state index is 14.3. The number of nitriles is 1. The third kappa shape index (κ3) is 4.98. The summed E-state index contributed by atoms with van der Waals surface area (Å²) < 4.78 is 9.88. The topological polar surface area (TPSA) is 105 Å². The van der Waals surface area contributed by atoms with Crippen LogP contribution in [0.2, 0.25) is 0 Å². The highest BCUT2D eigenvalue weighted by atomic mass is 16.5. The smallest absolute Gasteiger partial charge is 0.259 e. The molecule has 1 aliphatic heterocycles. The first-order valence-electron chi connectivity index (χ1n) is 14.8. The third-order valence-electron chi connectivity index (χ3n) is 9.17. The minimum atomic E-state index is -0.753. The Morgan fingerprint density at radius 1 is 1.15 bits per heavy atom. The molecule has 3 heterocycles. The number of aryl methyl sites for hydroxylation is 1. The van der Waals surface area contributed by atoms with Gasteiger partial charge >= 0.3 is 0 Å². The van der Waals surface area contributed by atoms with E-state index in [4.69, 9.17) is 4.74 Å². The number of nitrogens with zero attached hydrogens (tertiary/aromatic N) is 5. The Morgan fingerprint density at radius 3 is 2.61 bits per heavy atom. The van der Waals surface area contributed by atoms with E-state index in [2.05, 4.69) is 23.1 Å². The van der Waals surface area contributed by atoms with Gasteiger partial charge < -0.3 is 9.84 Å². The number of hydrogen-bond acceptors (Lipinski definition) is 6. The van der Waals surface area contributed by atoms with Crippen LogP contribution >= 0.6 is 0 Å². The van der Waals surface area contributed by atoms with E-state index in [9.17, 15) is 15.2 Å². The zero-order valence-electron chi connectivity index (χ0n) is 23.8. The predicted molar refractivity (Wildman–Crippen MR) is 157 cm³/mol. The van der Waals surface area contributed by atoms with Gasteiger partial charge in [-0.2, -0.15) is 15.3 Å². The summed E-state index contributed by atoms with van der Waals surface area (Å²) in [5.74, 6) is 0.581. The lowest BCUT2D eigenvalue weighted by atomic mass is 9.77. The van der Waals surface area contributed by atoms with E-state index < -0.39 is 5.60 Å². The van der Waals surface area contributed by atoms with Gasteiger partial charge in [0.2, 0.25) is 5.78 Å². The molecule has 1 aliphatic carbocycles. The monoisotopic (exact) mass is 551 g/mol. The Kier molecular flexibility index (Phi) is 7.27. The van der Waals surface area contributed by atoms with Crippen LogP contribution in [0.1, 0.15) is 87.2 Å². The predicted octanol–water partition coefficient (Wildman–Crippen LogP) is 5.39. The summed E-state index contributed by atoms with van der Waals surface area (Å²) in [6.45, 7) is 4.48. The summed E-state index contributed by atoms with van der Waals surface area (Å²) in [7, 11) is 0. The van der Waals surface area contributed by atoms with Crippen molar-refractivity contribution in [1.82, 2.24) is 19.2 Å². The molecule has 2 aliphatic rings. The molecule has 2 fully saturated rings. The van der Waals surface area contributed by atoms with Crippen molar-refractivity contribution in [3.05, 3.63) is 87.6 Å². The fourth-order valence-corrected chi connectivity index (χ4v) is 6.87. The van der Waals surface area contributed by atoms with Gasteiger partial charge in [0.15, 0.2) is 0 Å². The van der Waals surface area contributed by atoms with E-state index in [1.807, 2.05) is 64.5 Å². The SMILES string of the molecule is CCCc1c(Cc2ccc(-c3ccccc3)c(C#N)c2)c(=O)n(C2CCC3(CC2)CC(O)(CC)CO3)c2ncnn12. The molecule has 212 valence electrons. The maximum Gasteiger partial charge on any atom is 0.259 e. The average molecular weight is 552 g/mol. The molecule has 8 heteroatoms. The summed E-state index contributed by atoms with van der Waals surface area (Å²) in [5.41, 5.74) is 3.88. The lowest BCUT2D eigenvalue weighted by Crippen LogP contribution is -2.40. The number of hydrogen-bond donors (Lipinski definition) is 1. The van der Waals surface area contributed by atoms with Crippen molar-refractivity contribution in [2.24, 2.45) is 0 Å². The molecule has 1 spiro atoms. The highest BCUT2D eigenvalue weighted by Crippen LogP contribution is 2.47. The van der Waals surface area contributed by atoms with E-state index in [1.165, 1.54) is 6.33 Å². The first-order valence-corrected chi connectivity index (χ1v) is 14.8. The zero-order chi connectivity index (χ0) is 28.6. The molecule has 8 nitrogen and oxygen atoms in total. The standard InChI is InChI=1S/C33H37N5O3/c1-3-8-29-28(18-23-11-12-27(25(17-23)19-34)24-9-6-5-7-10-24)30(39)37(31-35-22-36-38(29)31)26-13-15-33(16-14-26)20-32(40,4-2)21-41-33/h5-7,9-12,17,22,26,40H,3-4,8,13-16,18,20-21H2,1-2H3. The van der Waals surface area contributed by atoms with E-state index in [-0.39, 0.29) is 17.2 Å². The normalized spacial score (nSPS) is 24.2.